The molecule has 5 nitrogen and oxygen atoms in total. The second-order valence-corrected chi connectivity index (χ2v) is 4.57. The van der Waals surface area contributed by atoms with Gasteiger partial charge in [0.1, 0.15) is 11.8 Å². The van der Waals surface area contributed by atoms with Crippen molar-refractivity contribution >= 4 is 11.9 Å². The number of amides is 1. The number of carbonyl (C=O) groups is 2. The fourth-order valence-electron chi connectivity index (χ4n) is 1.62. The maximum absolute atomic E-state index is 12.4. The molecule has 2 N–H and O–H groups in total. The topological polar surface area (TPSA) is 75.6 Å². The Labute approximate surface area is 130 Å². The summed E-state index contributed by atoms with van der Waals surface area (Å²) in [5, 5.41) is 11.2. The summed E-state index contributed by atoms with van der Waals surface area (Å²) in [5.41, 5.74) is -0.827. The molecule has 0 aliphatic heterocycles. The highest BCUT2D eigenvalue weighted by Gasteiger charge is 2.30. The quantitative estimate of drug-likeness (QED) is 0.753. The molecule has 1 aromatic carbocycles. The average Bonchev–Trinajstić information content (AvgIpc) is 2.48. The van der Waals surface area contributed by atoms with Crippen molar-refractivity contribution in [1.29, 1.82) is 0 Å². The zero-order valence-electron chi connectivity index (χ0n) is 12.3. The van der Waals surface area contributed by atoms with Crippen molar-refractivity contribution in [2.75, 3.05) is 6.61 Å². The third kappa shape index (κ3) is 6.41. The zero-order chi connectivity index (χ0) is 17.5. The lowest BCUT2D eigenvalue weighted by Gasteiger charge is -2.13. The van der Waals surface area contributed by atoms with Crippen molar-refractivity contribution < 1.29 is 32.6 Å². The van der Waals surface area contributed by atoms with E-state index in [1.807, 2.05) is 0 Å². The summed E-state index contributed by atoms with van der Waals surface area (Å²) in [7, 11) is 0. The fourth-order valence-corrected chi connectivity index (χ4v) is 1.62. The van der Waals surface area contributed by atoms with Crippen LogP contribution in [0.3, 0.4) is 0 Å². The number of nitrogens with one attached hydrogen (secondary N) is 1. The lowest BCUT2D eigenvalue weighted by Crippen LogP contribution is -2.42. The number of alkyl halides is 3. The van der Waals surface area contributed by atoms with Crippen LogP contribution in [0.1, 0.15) is 18.9 Å². The van der Waals surface area contributed by atoms with Crippen molar-refractivity contribution in [2.24, 2.45) is 0 Å². The van der Waals surface area contributed by atoms with Gasteiger partial charge >= 0.3 is 12.1 Å². The van der Waals surface area contributed by atoms with E-state index in [4.69, 9.17) is 9.84 Å². The lowest BCUT2D eigenvalue weighted by molar-refractivity contribution is -0.142. The molecule has 0 bridgehead atoms. The predicted octanol–water partition coefficient (Wildman–Crippen LogP) is 2.62. The number of ether oxygens (including phenoxy) is 1. The van der Waals surface area contributed by atoms with Gasteiger partial charge in [0.05, 0.1) is 5.56 Å². The summed E-state index contributed by atoms with van der Waals surface area (Å²) in [6, 6.07) is 2.75. The Morgan fingerprint density at radius 3 is 2.39 bits per heavy atom. The van der Waals surface area contributed by atoms with E-state index in [-0.39, 0.29) is 12.2 Å². The van der Waals surface area contributed by atoms with Crippen LogP contribution in [-0.4, -0.2) is 29.6 Å². The third-order valence-corrected chi connectivity index (χ3v) is 2.79. The zero-order valence-corrected chi connectivity index (χ0v) is 12.3. The molecule has 0 heterocycles. The number of rotatable bonds is 7. The molecule has 1 unspecified atom stereocenters. The Morgan fingerprint density at radius 1 is 1.30 bits per heavy atom. The van der Waals surface area contributed by atoms with Gasteiger partial charge in [-0.3, -0.25) is 4.79 Å². The maximum Gasteiger partial charge on any atom is 0.416 e. The number of aliphatic carboxylic acids is 1. The standard InChI is InChI=1S/C15H16F3NO4/c1-2-3-4-12(14(21)22)19-13(20)9-23-11-7-5-10(6-8-11)15(16,17)18/h2-3,5-8,12H,4,9H2,1H3,(H,19,20)(H,21,22)/b3-2+. The SMILES string of the molecule is C/C=C/CC(NC(=O)COc1ccc(C(F)(F)F)cc1)C(=O)O. The molecule has 23 heavy (non-hydrogen) atoms. The highest BCUT2D eigenvalue weighted by atomic mass is 19.4. The van der Waals surface area contributed by atoms with Gasteiger partial charge in [0.15, 0.2) is 6.61 Å². The number of allylic oxidation sites excluding steroid dienone is 1. The molecule has 0 radical (unpaired) electrons. The summed E-state index contributed by atoms with van der Waals surface area (Å²) >= 11 is 0. The van der Waals surface area contributed by atoms with Crippen LogP contribution >= 0.6 is 0 Å². The molecule has 0 saturated carbocycles. The van der Waals surface area contributed by atoms with E-state index < -0.39 is 36.3 Å². The summed E-state index contributed by atoms with van der Waals surface area (Å²) in [5.74, 6) is -1.79. The molecule has 0 spiro atoms. The van der Waals surface area contributed by atoms with E-state index in [0.29, 0.717) is 0 Å². The first-order valence-corrected chi connectivity index (χ1v) is 6.67. The van der Waals surface area contributed by atoms with Gasteiger partial charge in [-0.05, 0) is 37.6 Å². The number of benzene rings is 1. The molecule has 0 aliphatic rings. The van der Waals surface area contributed by atoms with Crippen LogP contribution in [0.25, 0.3) is 0 Å². The van der Waals surface area contributed by atoms with E-state index in [0.717, 1.165) is 24.3 Å². The third-order valence-electron chi connectivity index (χ3n) is 2.79. The lowest BCUT2D eigenvalue weighted by atomic mass is 10.2. The largest absolute Gasteiger partial charge is 0.484 e. The number of carboxylic acid groups (broad SMARTS) is 1. The minimum Gasteiger partial charge on any atom is -0.484 e. The van der Waals surface area contributed by atoms with Gasteiger partial charge in [-0.2, -0.15) is 13.2 Å². The predicted molar refractivity (Wildman–Crippen MR) is 75.9 cm³/mol. The number of carbonyl (C=O) groups excluding carboxylic acids is 1. The minimum absolute atomic E-state index is 0.0773. The molecule has 8 heteroatoms. The number of carboxylic acids is 1. The normalized spacial score (nSPS) is 12.9. The Kier molecular flexibility index (Phi) is 6.62. The molecule has 0 saturated heterocycles. The van der Waals surface area contributed by atoms with Gasteiger partial charge in [0.2, 0.25) is 0 Å². The molecule has 0 aromatic heterocycles. The van der Waals surface area contributed by atoms with Gasteiger partial charge < -0.3 is 15.2 Å². The van der Waals surface area contributed by atoms with Crippen molar-refractivity contribution in [3.05, 3.63) is 42.0 Å². The molecular formula is C15H16F3NO4. The van der Waals surface area contributed by atoms with E-state index in [1.54, 1.807) is 19.1 Å². The van der Waals surface area contributed by atoms with Crippen LogP contribution in [0, 0.1) is 0 Å². The number of halogens is 3. The molecule has 1 aromatic rings. The molecule has 1 rings (SSSR count). The van der Waals surface area contributed by atoms with Crippen LogP contribution < -0.4 is 10.1 Å². The first-order valence-electron chi connectivity index (χ1n) is 6.67. The molecule has 126 valence electrons. The summed E-state index contributed by atoms with van der Waals surface area (Å²) in [6.07, 6.45) is -1.08. The van der Waals surface area contributed by atoms with Crippen LogP contribution in [0.2, 0.25) is 0 Å². The van der Waals surface area contributed by atoms with Crippen LogP contribution in [0.5, 0.6) is 5.75 Å². The summed E-state index contributed by atoms with van der Waals surface area (Å²) < 4.78 is 42.2. The fraction of sp³-hybridized carbons (Fsp3) is 0.333. The summed E-state index contributed by atoms with van der Waals surface area (Å²) in [4.78, 5) is 22.6. The van der Waals surface area contributed by atoms with Crippen molar-refractivity contribution in [2.45, 2.75) is 25.6 Å². The monoisotopic (exact) mass is 331 g/mol. The Balaban J connectivity index is 2.53. The van der Waals surface area contributed by atoms with E-state index >= 15 is 0 Å². The first kappa shape index (κ1) is 18.5. The molecule has 1 amide bonds. The van der Waals surface area contributed by atoms with Crippen molar-refractivity contribution in [1.82, 2.24) is 5.32 Å². The van der Waals surface area contributed by atoms with Gasteiger partial charge in [-0.25, -0.2) is 4.79 Å². The minimum atomic E-state index is -4.45. The second-order valence-electron chi connectivity index (χ2n) is 4.57. The van der Waals surface area contributed by atoms with Crippen LogP contribution in [-0.2, 0) is 15.8 Å². The number of hydrogen-bond acceptors (Lipinski definition) is 3. The van der Waals surface area contributed by atoms with E-state index in [2.05, 4.69) is 5.32 Å². The van der Waals surface area contributed by atoms with E-state index in [9.17, 15) is 22.8 Å². The van der Waals surface area contributed by atoms with Gasteiger partial charge in [-0.1, -0.05) is 12.2 Å². The van der Waals surface area contributed by atoms with Gasteiger partial charge in [0.25, 0.3) is 5.91 Å². The van der Waals surface area contributed by atoms with Gasteiger partial charge in [0, 0.05) is 0 Å². The van der Waals surface area contributed by atoms with E-state index in [1.165, 1.54) is 0 Å². The smallest absolute Gasteiger partial charge is 0.416 e. The van der Waals surface area contributed by atoms with Crippen molar-refractivity contribution in [3.63, 3.8) is 0 Å². The highest BCUT2D eigenvalue weighted by Crippen LogP contribution is 2.30. The molecule has 0 fully saturated rings. The summed E-state index contributed by atoms with van der Waals surface area (Å²) in [6.45, 7) is 1.22. The first-order chi connectivity index (χ1) is 10.7. The Hall–Kier alpha value is -2.51. The number of hydrogen-bond donors (Lipinski definition) is 2. The molecular weight excluding hydrogens is 315 g/mol. The van der Waals surface area contributed by atoms with Crippen molar-refractivity contribution in [3.8, 4) is 5.75 Å². The molecule has 1 atom stereocenters. The maximum atomic E-state index is 12.4. The van der Waals surface area contributed by atoms with Crippen LogP contribution in [0.15, 0.2) is 36.4 Å². The highest BCUT2D eigenvalue weighted by molar-refractivity contribution is 5.84. The molecule has 0 aliphatic carbocycles. The second kappa shape index (κ2) is 8.21. The van der Waals surface area contributed by atoms with Crippen LogP contribution in [0.4, 0.5) is 13.2 Å². The Bertz CT molecular complexity index is 567. The average molecular weight is 331 g/mol. The Morgan fingerprint density at radius 2 is 1.91 bits per heavy atom. The van der Waals surface area contributed by atoms with Gasteiger partial charge in [-0.15, -0.1) is 0 Å².